The predicted octanol–water partition coefficient (Wildman–Crippen LogP) is 11.3. The lowest BCUT2D eigenvalue weighted by Gasteiger charge is -2.07. The van der Waals surface area contributed by atoms with Gasteiger partial charge in [0.25, 0.3) is 0 Å². The summed E-state index contributed by atoms with van der Waals surface area (Å²) in [7, 11) is 0. The molecule has 40 heavy (non-hydrogen) atoms. The molecule has 0 fully saturated rings. The molecule has 0 amide bonds. The minimum absolute atomic E-state index is 1.32. The highest BCUT2D eigenvalue weighted by molar-refractivity contribution is 6.24. The van der Waals surface area contributed by atoms with Crippen molar-refractivity contribution in [2.45, 2.75) is 0 Å². The molecule has 0 bridgehead atoms. The Kier molecular flexibility index (Phi) is 4.42. The largest absolute Gasteiger partial charge is 0.0616 e. The molecule has 8 aromatic carbocycles. The number of hydrogen-bond donors (Lipinski definition) is 0. The van der Waals surface area contributed by atoms with Crippen molar-refractivity contribution in [3.8, 4) is 44.5 Å². The van der Waals surface area contributed by atoms with Crippen molar-refractivity contribution < 1.29 is 0 Å². The molecular formula is C40H24. The number of benzene rings is 8. The van der Waals surface area contributed by atoms with Gasteiger partial charge in [-0.05, 0) is 99.7 Å². The van der Waals surface area contributed by atoms with Crippen molar-refractivity contribution in [2.75, 3.05) is 0 Å². The summed E-state index contributed by atoms with van der Waals surface area (Å²) in [5.74, 6) is 0. The first-order valence-corrected chi connectivity index (χ1v) is 14.0. The van der Waals surface area contributed by atoms with Gasteiger partial charge in [0.1, 0.15) is 0 Å². The summed E-state index contributed by atoms with van der Waals surface area (Å²) in [6.45, 7) is 0. The van der Waals surface area contributed by atoms with Gasteiger partial charge in [0, 0.05) is 0 Å². The average molecular weight is 505 g/mol. The zero-order valence-electron chi connectivity index (χ0n) is 21.9. The molecule has 2 aliphatic carbocycles. The lowest BCUT2D eigenvalue weighted by molar-refractivity contribution is 1.70. The molecule has 0 heteroatoms. The second-order valence-electron chi connectivity index (χ2n) is 10.8. The third-order valence-electron chi connectivity index (χ3n) is 8.78. The van der Waals surface area contributed by atoms with Crippen LogP contribution in [-0.4, -0.2) is 0 Å². The quantitative estimate of drug-likeness (QED) is 0.180. The Morgan fingerprint density at radius 3 is 1.00 bits per heavy atom. The summed E-state index contributed by atoms with van der Waals surface area (Å²) in [4.78, 5) is 0. The van der Waals surface area contributed by atoms with Gasteiger partial charge in [0.2, 0.25) is 0 Å². The van der Waals surface area contributed by atoms with Crippen molar-refractivity contribution in [2.24, 2.45) is 0 Å². The second kappa shape index (κ2) is 8.15. The van der Waals surface area contributed by atoms with Crippen LogP contribution in [-0.2, 0) is 0 Å². The van der Waals surface area contributed by atoms with Crippen LogP contribution >= 0.6 is 0 Å². The summed E-state index contributed by atoms with van der Waals surface area (Å²) in [5.41, 5.74) is 11.0. The van der Waals surface area contributed by atoms with Gasteiger partial charge in [-0.1, -0.05) is 133 Å². The van der Waals surface area contributed by atoms with Gasteiger partial charge in [0.05, 0.1) is 0 Å². The molecule has 0 aromatic heterocycles. The van der Waals surface area contributed by atoms with Gasteiger partial charge < -0.3 is 0 Å². The van der Waals surface area contributed by atoms with E-state index in [0.29, 0.717) is 0 Å². The van der Waals surface area contributed by atoms with E-state index >= 15 is 0 Å². The maximum absolute atomic E-state index is 2.34. The van der Waals surface area contributed by atoms with Crippen LogP contribution in [0.5, 0.6) is 0 Å². The fourth-order valence-electron chi connectivity index (χ4n) is 7.10. The van der Waals surface area contributed by atoms with Gasteiger partial charge in [0.15, 0.2) is 0 Å². The van der Waals surface area contributed by atoms with Crippen LogP contribution in [0.3, 0.4) is 0 Å². The zero-order chi connectivity index (χ0) is 26.2. The fraction of sp³-hybridized carbons (Fsp3) is 0. The molecule has 0 unspecified atom stereocenters. The van der Waals surface area contributed by atoms with E-state index in [9.17, 15) is 0 Å². The third kappa shape index (κ3) is 2.91. The van der Waals surface area contributed by atoms with E-state index in [0.717, 1.165) is 0 Å². The molecule has 0 atom stereocenters. The maximum atomic E-state index is 2.34. The maximum Gasteiger partial charge on any atom is -0.00199 e. The number of hydrogen-bond acceptors (Lipinski definition) is 0. The van der Waals surface area contributed by atoms with Crippen LogP contribution in [0.15, 0.2) is 146 Å². The van der Waals surface area contributed by atoms with Crippen LogP contribution in [0, 0.1) is 0 Å². The Morgan fingerprint density at radius 1 is 0.225 bits per heavy atom. The van der Waals surface area contributed by atoms with Crippen LogP contribution < -0.4 is 0 Å². The van der Waals surface area contributed by atoms with E-state index in [-0.39, 0.29) is 0 Å². The van der Waals surface area contributed by atoms with E-state index in [1.165, 1.54) is 87.6 Å². The van der Waals surface area contributed by atoms with Crippen LogP contribution in [0.1, 0.15) is 0 Å². The lowest BCUT2D eigenvalue weighted by Crippen LogP contribution is -1.79. The molecule has 0 saturated carbocycles. The van der Waals surface area contributed by atoms with Gasteiger partial charge in [-0.2, -0.15) is 0 Å². The Hall–Kier alpha value is -5.20. The molecule has 10 rings (SSSR count). The van der Waals surface area contributed by atoms with Gasteiger partial charge in [-0.15, -0.1) is 0 Å². The van der Waals surface area contributed by atoms with Gasteiger partial charge in [-0.3, -0.25) is 0 Å². The fourth-order valence-corrected chi connectivity index (χ4v) is 7.10. The highest BCUT2D eigenvalue weighted by atomic mass is 14.3. The molecular weight excluding hydrogens is 480 g/mol. The molecule has 2 aliphatic rings. The highest BCUT2D eigenvalue weighted by Gasteiger charge is 2.22. The van der Waals surface area contributed by atoms with Crippen LogP contribution in [0.25, 0.3) is 87.6 Å². The first-order chi connectivity index (χ1) is 19.9. The molecule has 0 radical (unpaired) electrons. The summed E-state index contributed by atoms with van der Waals surface area (Å²) in [6, 6.07) is 52.8. The summed E-state index contributed by atoms with van der Waals surface area (Å²) in [5, 5.41) is 10.9. The molecule has 0 nitrogen and oxygen atoms in total. The van der Waals surface area contributed by atoms with E-state index in [4.69, 9.17) is 0 Å². The van der Waals surface area contributed by atoms with Crippen LogP contribution in [0.2, 0.25) is 0 Å². The van der Waals surface area contributed by atoms with E-state index in [2.05, 4.69) is 146 Å². The number of fused-ring (bicyclic) bond motifs is 10. The third-order valence-corrected chi connectivity index (χ3v) is 8.78. The van der Waals surface area contributed by atoms with Crippen molar-refractivity contribution in [3.05, 3.63) is 146 Å². The lowest BCUT2D eigenvalue weighted by atomic mass is 9.97. The molecule has 184 valence electrons. The standard InChI is InChI=1S/2C20H12/c2*1-2-7-14-13(6-1)12-19-16-9-4-3-8-15(16)18-11-5-10-17(14)20(18)19/h2*1-12H. The van der Waals surface area contributed by atoms with Gasteiger partial charge in [-0.25, -0.2) is 0 Å². The van der Waals surface area contributed by atoms with Crippen molar-refractivity contribution in [1.29, 1.82) is 0 Å². The van der Waals surface area contributed by atoms with Crippen molar-refractivity contribution in [3.63, 3.8) is 0 Å². The molecule has 0 saturated heterocycles. The molecule has 0 aliphatic heterocycles. The Balaban J connectivity index is 0.000000115. The summed E-state index contributed by atoms with van der Waals surface area (Å²) >= 11 is 0. The number of rotatable bonds is 0. The van der Waals surface area contributed by atoms with E-state index in [1.54, 1.807) is 0 Å². The van der Waals surface area contributed by atoms with E-state index < -0.39 is 0 Å². The van der Waals surface area contributed by atoms with Crippen molar-refractivity contribution in [1.82, 2.24) is 0 Å². The predicted molar refractivity (Wildman–Crippen MR) is 172 cm³/mol. The molecule has 0 N–H and O–H groups in total. The minimum Gasteiger partial charge on any atom is -0.0616 e. The molecule has 0 heterocycles. The van der Waals surface area contributed by atoms with Crippen LogP contribution in [0.4, 0.5) is 0 Å². The second-order valence-corrected chi connectivity index (χ2v) is 10.8. The average Bonchev–Trinajstić information content (AvgIpc) is 3.52. The first kappa shape index (κ1) is 21.7. The normalized spacial score (nSPS) is 12.0. The van der Waals surface area contributed by atoms with Crippen molar-refractivity contribution >= 4 is 43.1 Å². The first-order valence-electron chi connectivity index (χ1n) is 14.0. The highest BCUT2D eigenvalue weighted by Crippen LogP contribution is 2.50. The van der Waals surface area contributed by atoms with Gasteiger partial charge >= 0.3 is 0 Å². The molecule has 0 spiro atoms. The topological polar surface area (TPSA) is 0 Å². The Morgan fingerprint density at radius 2 is 0.550 bits per heavy atom. The van der Waals surface area contributed by atoms with E-state index in [1.807, 2.05) is 0 Å². The Bertz CT molecular complexity index is 2150. The SMILES string of the molecule is c1ccc2c(c1)-c1cccc3c1c-2cc1ccccc13.c1ccc2c(c1)-c1cccc3c1c-2cc1ccccc13. The minimum atomic E-state index is 1.32. The summed E-state index contributed by atoms with van der Waals surface area (Å²) in [6.07, 6.45) is 0. The molecule has 8 aromatic rings. The monoisotopic (exact) mass is 504 g/mol. The smallest absolute Gasteiger partial charge is 0.00199 e. The zero-order valence-corrected chi connectivity index (χ0v) is 21.9. The summed E-state index contributed by atoms with van der Waals surface area (Å²) < 4.78 is 0. The Labute approximate surface area is 232 Å².